The maximum Gasteiger partial charge on any atom is 0.317 e. The number of amides is 2. The minimum Gasteiger partial charge on any atom is -0.393 e. The zero-order valence-electron chi connectivity index (χ0n) is 32.3. The first-order valence-corrected chi connectivity index (χ1v) is 22.0. The molecule has 8 atom stereocenters. The van der Waals surface area contributed by atoms with E-state index in [4.69, 9.17) is 0 Å². The molecule has 7 fully saturated rings. The Balaban J connectivity index is 1.04. The lowest BCUT2D eigenvalue weighted by atomic mass is 9.32. The van der Waals surface area contributed by atoms with Crippen LogP contribution < -0.4 is 5.32 Å². The second kappa shape index (κ2) is 11.5. The van der Waals surface area contributed by atoms with Crippen LogP contribution in [0.2, 0.25) is 0 Å². The largest absolute Gasteiger partial charge is 0.393 e. The van der Waals surface area contributed by atoms with Crippen LogP contribution in [-0.2, 0) is 0 Å². The van der Waals surface area contributed by atoms with Crippen molar-refractivity contribution in [2.24, 2.45) is 56.7 Å². The van der Waals surface area contributed by atoms with E-state index in [1.165, 1.54) is 38.5 Å². The van der Waals surface area contributed by atoms with Gasteiger partial charge in [0.25, 0.3) is 0 Å². The number of Topliss-reactive ketones (excluding diaryl/α,β-unsaturated/α-hetero) is 1. The van der Waals surface area contributed by atoms with E-state index in [0.717, 1.165) is 76.9 Å². The molecule has 1 aromatic carbocycles. The van der Waals surface area contributed by atoms with E-state index in [0.29, 0.717) is 19.4 Å². The summed E-state index contributed by atoms with van der Waals surface area (Å²) in [5, 5.41) is 28.8. The number of benzene rings is 1. The van der Waals surface area contributed by atoms with Gasteiger partial charge >= 0.3 is 6.03 Å². The van der Waals surface area contributed by atoms with Crippen LogP contribution in [0.3, 0.4) is 0 Å². The summed E-state index contributed by atoms with van der Waals surface area (Å²) in [5.41, 5.74) is -1.41. The van der Waals surface area contributed by atoms with Crippen molar-refractivity contribution in [3.05, 3.63) is 59.0 Å². The van der Waals surface area contributed by atoms with Gasteiger partial charge in [0.05, 0.1) is 23.1 Å². The second-order valence-electron chi connectivity index (χ2n) is 20.7. The Morgan fingerprint density at radius 3 is 2.25 bits per heavy atom. The Kier molecular flexibility index (Phi) is 7.61. The number of ketones is 1. The monoisotopic (exact) mass is 736 g/mol. The normalized spacial score (nSPS) is 45.9. The minimum atomic E-state index is -1.07. The van der Waals surface area contributed by atoms with Gasteiger partial charge in [-0.2, -0.15) is 0 Å². The fourth-order valence-electron chi connectivity index (χ4n) is 15.6. The standard InChI is InChI=1S/C46H60N2O4S/c1-28(2)47-40(51)48(26-43-21-29-17-30(22-43)19-31(18-29)23-43)27-45(52)14-11-38-42(45,4)13-10-37-41(3)12-9-33(49)24-44(41)15-16-46(37,38)34(25-44)39(50)36-20-32-7-5-6-8-35(32)53-36/h5-8,15-16,20,25,28-31,33,37-38,49,52H,9-14,17-19,21-24,26-27H2,1-4H3,(H,47,51)/t29?,30?,31?,33?,37-,38-,41-,42+,43?,44+,45-,46-/m1/s1. The molecule has 0 saturated heterocycles. The summed E-state index contributed by atoms with van der Waals surface area (Å²) in [6.45, 7) is 9.93. The number of fused-ring (bicyclic) bond motifs is 2. The van der Waals surface area contributed by atoms with Crippen molar-refractivity contribution in [3.63, 3.8) is 0 Å². The quantitative estimate of drug-likeness (QED) is 0.195. The number of carbonyl (C=O) groups excluding carboxylic acids is 2. The molecule has 1 heterocycles. The number of aliphatic hydroxyl groups excluding tert-OH is 1. The van der Waals surface area contributed by atoms with Crippen LogP contribution in [0.25, 0.3) is 10.1 Å². The Morgan fingerprint density at radius 1 is 0.887 bits per heavy atom. The number of thiophene rings is 1. The van der Waals surface area contributed by atoms with Gasteiger partial charge in [-0.05, 0) is 155 Å². The lowest BCUT2D eigenvalue weighted by molar-refractivity contribution is -0.176. The van der Waals surface area contributed by atoms with Crippen molar-refractivity contribution >= 4 is 33.2 Å². The van der Waals surface area contributed by atoms with Crippen LogP contribution >= 0.6 is 11.3 Å². The molecule has 2 aromatic rings. The summed E-state index contributed by atoms with van der Waals surface area (Å²) in [4.78, 5) is 32.3. The van der Waals surface area contributed by atoms with Crippen LogP contribution in [0.5, 0.6) is 0 Å². The van der Waals surface area contributed by atoms with Crippen LogP contribution in [0.15, 0.2) is 54.1 Å². The molecule has 3 N–H and O–H groups in total. The lowest BCUT2D eigenvalue weighted by Crippen LogP contribution is -2.67. The third kappa shape index (κ3) is 4.81. The van der Waals surface area contributed by atoms with Crippen LogP contribution in [-0.4, -0.2) is 57.8 Å². The maximum atomic E-state index is 15.2. The number of allylic oxidation sites excluding steroid dienone is 4. The zero-order valence-corrected chi connectivity index (χ0v) is 33.1. The SMILES string of the molecule is CC(C)NC(=O)N(CC12CC3CC(CC(C3)C1)C2)C[C@]1(O)CC[C@H]2[C@]34C=C[C@@]5(C=C3C(=O)c3cc6ccccc6s3)CC(O)CC[C@]5(C)[C@H]4CC[C@@]21C. The molecule has 6 nitrogen and oxygen atoms in total. The van der Waals surface area contributed by atoms with Gasteiger partial charge in [-0.25, -0.2) is 4.79 Å². The first-order chi connectivity index (χ1) is 25.2. The predicted octanol–water partition coefficient (Wildman–Crippen LogP) is 9.31. The highest BCUT2D eigenvalue weighted by molar-refractivity contribution is 7.21. The highest BCUT2D eigenvalue weighted by Gasteiger charge is 2.74. The molecule has 1 unspecified atom stereocenters. The van der Waals surface area contributed by atoms with E-state index in [2.05, 4.69) is 60.5 Å². The number of rotatable bonds is 7. The van der Waals surface area contributed by atoms with Gasteiger partial charge in [-0.15, -0.1) is 11.3 Å². The number of hydrogen-bond donors (Lipinski definition) is 3. The summed E-state index contributed by atoms with van der Waals surface area (Å²) in [5.74, 6) is 2.83. The lowest BCUT2D eigenvalue weighted by Gasteiger charge is -2.71. The molecule has 12 rings (SSSR count). The molecule has 0 aliphatic heterocycles. The predicted molar refractivity (Wildman–Crippen MR) is 211 cm³/mol. The van der Waals surface area contributed by atoms with Gasteiger partial charge in [-0.3, -0.25) is 4.79 Å². The number of hydrogen-bond acceptors (Lipinski definition) is 5. The van der Waals surface area contributed by atoms with Gasteiger partial charge < -0.3 is 20.4 Å². The molecular weight excluding hydrogens is 677 g/mol. The summed E-state index contributed by atoms with van der Waals surface area (Å²) < 4.78 is 1.13. The summed E-state index contributed by atoms with van der Waals surface area (Å²) in [6, 6.07) is 10.3. The maximum absolute atomic E-state index is 15.2. The van der Waals surface area contributed by atoms with Gasteiger partial charge in [0, 0.05) is 39.1 Å². The van der Waals surface area contributed by atoms with Crippen molar-refractivity contribution in [2.45, 2.75) is 129 Å². The number of aliphatic hydroxyl groups is 2. The number of nitrogens with one attached hydrogen (secondary N) is 1. The van der Waals surface area contributed by atoms with Crippen molar-refractivity contribution < 1.29 is 19.8 Å². The molecule has 10 aliphatic rings. The van der Waals surface area contributed by atoms with Crippen molar-refractivity contribution in [3.8, 4) is 0 Å². The number of carbonyl (C=O) groups is 2. The van der Waals surface area contributed by atoms with Crippen LogP contribution in [0.4, 0.5) is 4.79 Å². The fourth-order valence-corrected chi connectivity index (χ4v) is 16.6. The van der Waals surface area contributed by atoms with Gasteiger partial charge in [0.1, 0.15) is 0 Å². The Bertz CT molecular complexity index is 1860. The molecule has 7 heteroatoms. The molecule has 2 spiro atoms. The molecule has 284 valence electrons. The summed E-state index contributed by atoms with van der Waals surface area (Å²) in [6.07, 6.45) is 20.2. The minimum absolute atomic E-state index is 0.0227. The van der Waals surface area contributed by atoms with Gasteiger partial charge in [0.15, 0.2) is 5.78 Å². The molecule has 7 saturated carbocycles. The topological polar surface area (TPSA) is 89.9 Å². The van der Waals surface area contributed by atoms with E-state index in [9.17, 15) is 15.0 Å². The first kappa shape index (κ1) is 35.0. The number of urea groups is 1. The van der Waals surface area contributed by atoms with E-state index >= 15 is 4.79 Å². The van der Waals surface area contributed by atoms with E-state index in [-0.39, 0.29) is 52.0 Å². The summed E-state index contributed by atoms with van der Waals surface area (Å²) >= 11 is 1.59. The Labute approximate surface area is 319 Å². The molecule has 53 heavy (non-hydrogen) atoms. The van der Waals surface area contributed by atoms with E-state index in [1.54, 1.807) is 11.3 Å². The van der Waals surface area contributed by atoms with E-state index in [1.807, 2.05) is 26.0 Å². The number of nitrogens with zero attached hydrogens (tertiary/aromatic N) is 1. The van der Waals surface area contributed by atoms with E-state index < -0.39 is 16.4 Å². The molecule has 1 aromatic heterocycles. The van der Waals surface area contributed by atoms with Crippen molar-refractivity contribution in [1.82, 2.24) is 10.2 Å². The zero-order chi connectivity index (χ0) is 36.8. The second-order valence-corrected chi connectivity index (χ2v) is 21.7. The highest BCUT2D eigenvalue weighted by atomic mass is 32.1. The molecule has 6 bridgehead atoms. The smallest absolute Gasteiger partial charge is 0.317 e. The Morgan fingerprint density at radius 2 is 1.55 bits per heavy atom. The summed E-state index contributed by atoms with van der Waals surface area (Å²) in [7, 11) is 0. The Hall–Kier alpha value is -2.48. The highest BCUT2D eigenvalue weighted by Crippen LogP contribution is 2.78. The third-order valence-electron chi connectivity index (χ3n) is 17.4. The van der Waals surface area contributed by atoms with Crippen molar-refractivity contribution in [2.75, 3.05) is 13.1 Å². The van der Waals surface area contributed by atoms with Crippen molar-refractivity contribution in [1.29, 1.82) is 0 Å². The average molecular weight is 737 g/mol. The fraction of sp³-hybridized carbons (Fsp3) is 0.696. The van der Waals surface area contributed by atoms with Crippen LogP contribution in [0, 0.1) is 56.7 Å². The van der Waals surface area contributed by atoms with Crippen LogP contribution in [0.1, 0.15) is 121 Å². The first-order valence-electron chi connectivity index (χ1n) is 21.1. The van der Waals surface area contributed by atoms with Gasteiger partial charge in [0.2, 0.25) is 0 Å². The molecule has 0 radical (unpaired) electrons. The molecule has 10 aliphatic carbocycles. The van der Waals surface area contributed by atoms with Gasteiger partial charge in [-0.1, -0.05) is 50.3 Å². The third-order valence-corrected chi connectivity index (χ3v) is 18.6. The molecular formula is C46H60N2O4S. The molecule has 2 amide bonds. The average Bonchev–Trinajstić information content (AvgIpc) is 3.65.